The summed E-state index contributed by atoms with van der Waals surface area (Å²) in [5.74, 6) is 0.141. The zero-order chi connectivity index (χ0) is 16.9. The van der Waals surface area contributed by atoms with Crippen LogP contribution in [0.1, 0.15) is 24.8 Å². The molecule has 3 amide bonds. The third-order valence-corrected chi connectivity index (χ3v) is 4.02. The van der Waals surface area contributed by atoms with Crippen molar-refractivity contribution in [3.8, 4) is 0 Å². The molecule has 2 N–H and O–H groups in total. The van der Waals surface area contributed by atoms with Crippen LogP contribution in [-0.2, 0) is 4.79 Å². The number of urea groups is 1. The maximum absolute atomic E-state index is 12.1. The Labute approximate surface area is 141 Å². The maximum Gasteiger partial charge on any atom is 0.323 e. The number of benzene rings is 2. The van der Waals surface area contributed by atoms with Crippen molar-refractivity contribution < 1.29 is 9.59 Å². The Morgan fingerprint density at radius 3 is 2.42 bits per heavy atom. The predicted molar refractivity (Wildman–Crippen MR) is 96.5 cm³/mol. The summed E-state index contributed by atoms with van der Waals surface area (Å²) in [5.41, 5.74) is 3.32. The van der Waals surface area contributed by atoms with Gasteiger partial charge in [-0.1, -0.05) is 18.2 Å². The van der Waals surface area contributed by atoms with E-state index in [1.54, 1.807) is 4.90 Å². The van der Waals surface area contributed by atoms with Crippen molar-refractivity contribution in [1.82, 2.24) is 0 Å². The van der Waals surface area contributed by atoms with Crippen molar-refractivity contribution in [2.75, 3.05) is 22.1 Å². The van der Waals surface area contributed by atoms with Gasteiger partial charge >= 0.3 is 6.03 Å². The van der Waals surface area contributed by atoms with E-state index >= 15 is 0 Å². The molecule has 0 spiro atoms. The first-order valence-electron chi connectivity index (χ1n) is 8.17. The Bertz CT molecular complexity index is 758. The molecule has 1 aliphatic rings. The van der Waals surface area contributed by atoms with Gasteiger partial charge in [0, 0.05) is 30.0 Å². The fraction of sp³-hybridized carbons (Fsp3) is 0.263. The molecular weight excluding hydrogens is 302 g/mol. The lowest BCUT2D eigenvalue weighted by atomic mass is 10.1. The minimum atomic E-state index is -0.303. The van der Waals surface area contributed by atoms with Gasteiger partial charge in [0.15, 0.2) is 0 Å². The van der Waals surface area contributed by atoms with E-state index < -0.39 is 0 Å². The number of anilines is 3. The van der Waals surface area contributed by atoms with E-state index in [-0.39, 0.29) is 11.9 Å². The first kappa shape index (κ1) is 16.1. The summed E-state index contributed by atoms with van der Waals surface area (Å²) in [5, 5.41) is 5.62. The number of piperidine rings is 1. The van der Waals surface area contributed by atoms with Gasteiger partial charge in [0.25, 0.3) is 0 Å². The van der Waals surface area contributed by atoms with Gasteiger partial charge < -0.3 is 15.5 Å². The molecule has 2 aromatic rings. The average Bonchev–Trinajstić information content (AvgIpc) is 2.55. The highest BCUT2D eigenvalue weighted by Gasteiger charge is 2.19. The predicted octanol–water partition coefficient (Wildman–Crippen LogP) is 4.16. The Kier molecular flexibility index (Phi) is 4.79. The van der Waals surface area contributed by atoms with Crippen molar-refractivity contribution in [2.45, 2.75) is 26.2 Å². The normalized spacial score (nSPS) is 14.4. The van der Waals surface area contributed by atoms with Crippen molar-refractivity contribution in [1.29, 1.82) is 0 Å². The van der Waals surface area contributed by atoms with Gasteiger partial charge in [-0.05, 0) is 55.7 Å². The molecule has 0 unspecified atom stereocenters. The number of carbonyl (C=O) groups excluding carboxylic acids is 2. The fourth-order valence-corrected chi connectivity index (χ4v) is 2.85. The summed E-state index contributed by atoms with van der Waals surface area (Å²) >= 11 is 0. The standard InChI is InChI=1S/C19H21N3O2/c1-14-6-4-7-15(12-14)20-19(24)21-16-8-5-9-17(13-16)22-11-3-2-10-18(22)23/h4-9,12-13H,2-3,10-11H2,1H3,(H2,20,21,24). The Morgan fingerprint density at radius 1 is 1.00 bits per heavy atom. The third kappa shape index (κ3) is 3.93. The summed E-state index contributed by atoms with van der Waals surface area (Å²) in [4.78, 5) is 26.0. The monoisotopic (exact) mass is 323 g/mol. The van der Waals surface area contributed by atoms with Crippen LogP contribution >= 0.6 is 0 Å². The number of aryl methyl sites for hydroxylation is 1. The summed E-state index contributed by atoms with van der Waals surface area (Å²) in [6.45, 7) is 2.71. The van der Waals surface area contributed by atoms with Crippen molar-refractivity contribution in [3.05, 3.63) is 54.1 Å². The van der Waals surface area contributed by atoms with E-state index in [2.05, 4.69) is 10.6 Å². The molecule has 0 aliphatic carbocycles. The second-order valence-electron chi connectivity index (χ2n) is 6.00. The van der Waals surface area contributed by atoms with E-state index in [0.29, 0.717) is 12.1 Å². The minimum Gasteiger partial charge on any atom is -0.312 e. The van der Waals surface area contributed by atoms with Crippen LogP contribution in [0.2, 0.25) is 0 Å². The summed E-state index contributed by atoms with van der Waals surface area (Å²) in [6.07, 6.45) is 2.55. The smallest absolute Gasteiger partial charge is 0.312 e. The average molecular weight is 323 g/mol. The Balaban J connectivity index is 1.68. The fourth-order valence-electron chi connectivity index (χ4n) is 2.85. The molecule has 1 heterocycles. The lowest BCUT2D eigenvalue weighted by molar-refractivity contribution is -0.119. The summed E-state index contributed by atoms with van der Waals surface area (Å²) in [7, 11) is 0. The molecule has 0 radical (unpaired) electrons. The molecule has 1 fully saturated rings. The Hall–Kier alpha value is -2.82. The molecule has 5 nitrogen and oxygen atoms in total. The molecule has 0 bridgehead atoms. The van der Waals surface area contributed by atoms with E-state index in [9.17, 15) is 9.59 Å². The molecule has 0 saturated carbocycles. The van der Waals surface area contributed by atoms with Crippen LogP contribution in [0.5, 0.6) is 0 Å². The largest absolute Gasteiger partial charge is 0.323 e. The van der Waals surface area contributed by atoms with Crippen LogP contribution in [0.25, 0.3) is 0 Å². The number of nitrogens with one attached hydrogen (secondary N) is 2. The van der Waals surface area contributed by atoms with E-state index in [1.807, 2.05) is 55.5 Å². The number of amides is 3. The van der Waals surface area contributed by atoms with Crippen LogP contribution < -0.4 is 15.5 Å². The minimum absolute atomic E-state index is 0.141. The van der Waals surface area contributed by atoms with Crippen LogP contribution in [-0.4, -0.2) is 18.5 Å². The molecule has 1 saturated heterocycles. The van der Waals surface area contributed by atoms with Gasteiger partial charge in [0.05, 0.1) is 0 Å². The van der Waals surface area contributed by atoms with Crippen molar-refractivity contribution >= 4 is 29.0 Å². The molecule has 3 rings (SSSR count). The van der Waals surface area contributed by atoms with E-state index in [0.717, 1.165) is 36.3 Å². The number of rotatable bonds is 3. The second kappa shape index (κ2) is 7.17. The van der Waals surface area contributed by atoms with Gasteiger partial charge in [-0.25, -0.2) is 4.79 Å². The molecule has 2 aromatic carbocycles. The highest BCUT2D eigenvalue weighted by Crippen LogP contribution is 2.24. The maximum atomic E-state index is 12.1. The molecular formula is C19H21N3O2. The third-order valence-electron chi connectivity index (χ3n) is 4.02. The molecule has 124 valence electrons. The number of hydrogen-bond donors (Lipinski definition) is 2. The van der Waals surface area contributed by atoms with E-state index in [1.165, 1.54) is 0 Å². The van der Waals surface area contributed by atoms with Crippen LogP contribution in [0.4, 0.5) is 21.9 Å². The molecule has 24 heavy (non-hydrogen) atoms. The van der Waals surface area contributed by atoms with Crippen LogP contribution in [0.15, 0.2) is 48.5 Å². The molecule has 1 aliphatic heterocycles. The summed E-state index contributed by atoms with van der Waals surface area (Å²) in [6, 6.07) is 14.7. The topological polar surface area (TPSA) is 61.4 Å². The van der Waals surface area contributed by atoms with Gasteiger partial charge in [-0.2, -0.15) is 0 Å². The first-order valence-corrected chi connectivity index (χ1v) is 8.17. The van der Waals surface area contributed by atoms with Gasteiger partial charge in [-0.15, -0.1) is 0 Å². The van der Waals surface area contributed by atoms with Crippen molar-refractivity contribution in [3.63, 3.8) is 0 Å². The molecule has 0 aromatic heterocycles. The number of nitrogens with zero attached hydrogens (tertiary/aromatic N) is 1. The summed E-state index contributed by atoms with van der Waals surface area (Å²) < 4.78 is 0. The highest BCUT2D eigenvalue weighted by molar-refractivity contribution is 6.00. The van der Waals surface area contributed by atoms with Crippen LogP contribution in [0, 0.1) is 6.92 Å². The van der Waals surface area contributed by atoms with Crippen LogP contribution in [0.3, 0.4) is 0 Å². The van der Waals surface area contributed by atoms with Gasteiger partial charge in [-0.3, -0.25) is 4.79 Å². The van der Waals surface area contributed by atoms with Crippen molar-refractivity contribution in [2.24, 2.45) is 0 Å². The lowest BCUT2D eigenvalue weighted by Gasteiger charge is -2.27. The quantitative estimate of drug-likeness (QED) is 0.891. The second-order valence-corrected chi connectivity index (χ2v) is 6.00. The molecule has 0 atom stereocenters. The van der Waals surface area contributed by atoms with Gasteiger partial charge in [0.1, 0.15) is 0 Å². The van der Waals surface area contributed by atoms with E-state index in [4.69, 9.17) is 0 Å². The first-order chi connectivity index (χ1) is 11.6. The highest BCUT2D eigenvalue weighted by atomic mass is 16.2. The SMILES string of the molecule is Cc1cccc(NC(=O)Nc2cccc(N3CCCCC3=O)c2)c1. The Morgan fingerprint density at radius 2 is 1.71 bits per heavy atom. The molecule has 5 heteroatoms. The number of carbonyl (C=O) groups is 2. The van der Waals surface area contributed by atoms with Gasteiger partial charge in [0.2, 0.25) is 5.91 Å². The number of hydrogen-bond acceptors (Lipinski definition) is 2. The lowest BCUT2D eigenvalue weighted by Crippen LogP contribution is -2.35. The zero-order valence-corrected chi connectivity index (χ0v) is 13.7. The zero-order valence-electron chi connectivity index (χ0n) is 13.7.